The molecule has 0 saturated heterocycles. The van der Waals surface area contributed by atoms with Crippen LogP contribution in [0.1, 0.15) is 13.8 Å². The predicted molar refractivity (Wildman–Crippen MR) is 41.1 cm³/mol. The zero-order valence-corrected chi connectivity index (χ0v) is 6.90. The third-order valence-corrected chi connectivity index (χ3v) is 1.24. The Morgan fingerprint density at radius 2 is 2.36 bits per heavy atom. The average Bonchev–Trinajstić information content (AvgIpc) is 2.39. The molecule has 0 saturated carbocycles. The van der Waals surface area contributed by atoms with E-state index in [0.29, 0.717) is 12.7 Å². The zero-order chi connectivity index (χ0) is 8.10. The van der Waals surface area contributed by atoms with Crippen molar-refractivity contribution in [2.75, 3.05) is 6.61 Å². The molecule has 1 aromatic rings. The SMILES string of the molecule is CC(C)OCCn1ccnn1. The summed E-state index contributed by atoms with van der Waals surface area (Å²) >= 11 is 0. The van der Waals surface area contributed by atoms with Gasteiger partial charge in [-0.3, -0.25) is 4.68 Å². The first kappa shape index (κ1) is 8.20. The van der Waals surface area contributed by atoms with Gasteiger partial charge < -0.3 is 4.74 Å². The van der Waals surface area contributed by atoms with Gasteiger partial charge in [-0.15, -0.1) is 5.10 Å². The largest absolute Gasteiger partial charge is 0.377 e. The lowest BCUT2D eigenvalue weighted by atomic mass is 10.5. The molecule has 0 fully saturated rings. The molecule has 4 nitrogen and oxygen atoms in total. The van der Waals surface area contributed by atoms with Gasteiger partial charge in [0, 0.05) is 6.20 Å². The van der Waals surface area contributed by atoms with E-state index in [9.17, 15) is 0 Å². The monoisotopic (exact) mass is 155 g/mol. The molecule has 0 aromatic carbocycles. The topological polar surface area (TPSA) is 39.9 Å². The Hall–Kier alpha value is -0.900. The molecule has 0 N–H and O–H groups in total. The minimum Gasteiger partial charge on any atom is -0.377 e. The lowest BCUT2D eigenvalue weighted by Crippen LogP contribution is -2.10. The van der Waals surface area contributed by atoms with E-state index in [2.05, 4.69) is 10.3 Å². The van der Waals surface area contributed by atoms with E-state index in [0.717, 1.165) is 6.54 Å². The lowest BCUT2D eigenvalue weighted by Gasteiger charge is -2.05. The highest BCUT2D eigenvalue weighted by Gasteiger charge is 1.93. The van der Waals surface area contributed by atoms with Crippen molar-refractivity contribution in [2.45, 2.75) is 26.5 Å². The highest BCUT2D eigenvalue weighted by molar-refractivity contribution is 4.63. The summed E-state index contributed by atoms with van der Waals surface area (Å²) in [6.45, 7) is 5.50. The maximum Gasteiger partial charge on any atom is 0.0692 e. The first-order chi connectivity index (χ1) is 5.29. The highest BCUT2D eigenvalue weighted by atomic mass is 16.5. The Kier molecular flexibility index (Phi) is 3.04. The van der Waals surface area contributed by atoms with Crippen LogP contribution in [0.15, 0.2) is 12.4 Å². The van der Waals surface area contributed by atoms with Gasteiger partial charge in [-0.25, -0.2) is 0 Å². The van der Waals surface area contributed by atoms with E-state index < -0.39 is 0 Å². The molecule has 0 bridgehead atoms. The van der Waals surface area contributed by atoms with Crippen LogP contribution in [0.3, 0.4) is 0 Å². The van der Waals surface area contributed by atoms with Crippen LogP contribution in [0.2, 0.25) is 0 Å². The molecule has 4 heteroatoms. The van der Waals surface area contributed by atoms with Crippen molar-refractivity contribution in [3.8, 4) is 0 Å². The second-order valence-electron chi connectivity index (χ2n) is 2.59. The van der Waals surface area contributed by atoms with Crippen LogP contribution in [-0.2, 0) is 11.3 Å². The molecule has 0 aliphatic carbocycles. The van der Waals surface area contributed by atoms with Crippen molar-refractivity contribution in [3.63, 3.8) is 0 Å². The fourth-order valence-electron chi connectivity index (χ4n) is 0.734. The summed E-state index contributed by atoms with van der Waals surface area (Å²) in [6, 6.07) is 0. The van der Waals surface area contributed by atoms with Crippen LogP contribution in [0.25, 0.3) is 0 Å². The molecule has 1 aromatic heterocycles. The summed E-state index contributed by atoms with van der Waals surface area (Å²) in [4.78, 5) is 0. The van der Waals surface area contributed by atoms with Gasteiger partial charge >= 0.3 is 0 Å². The van der Waals surface area contributed by atoms with Crippen molar-refractivity contribution in [2.24, 2.45) is 0 Å². The molecule has 0 aliphatic heterocycles. The van der Waals surface area contributed by atoms with Gasteiger partial charge in [-0.2, -0.15) is 0 Å². The fourth-order valence-corrected chi connectivity index (χ4v) is 0.734. The van der Waals surface area contributed by atoms with Gasteiger partial charge in [-0.1, -0.05) is 5.21 Å². The van der Waals surface area contributed by atoms with E-state index in [4.69, 9.17) is 4.74 Å². The number of aromatic nitrogens is 3. The molecule has 0 unspecified atom stereocenters. The summed E-state index contributed by atoms with van der Waals surface area (Å²) in [7, 11) is 0. The van der Waals surface area contributed by atoms with Crippen molar-refractivity contribution < 1.29 is 4.74 Å². The Bertz CT molecular complexity index is 184. The van der Waals surface area contributed by atoms with Gasteiger partial charge in [0.15, 0.2) is 0 Å². The third kappa shape index (κ3) is 3.13. The molecule has 0 amide bonds. The van der Waals surface area contributed by atoms with Gasteiger partial charge in [0.2, 0.25) is 0 Å². The minimum atomic E-state index is 0.290. The summed E-state index contributed by atoms with van der Waals surface area (Å²) in [5.41, 5.74) is 0. The van der Waals surface area contributed by atoms with Crippen molar-refractivity contribution in [1.29, 1.82) is 0 Å². The lowest BCUT2D eigenvalue weighted by molar-refractivity contribution is 0.0707. The Morgan fingerprint density at radius 3 is 2.91 bits per heavy atom. The van der Waals surface area contributed by atoms with E-state index in [-0.39, 0.29) is 0 Å². The molecule has 0 aliphatic rings. The van der Waals surface area contributed by atoms with Crippen LogP contribution >= 0.6 is 0 Å². The predicted octanol–water partition coefficient (Wildman–Crippen LogP) is 0.703. The molecule has 0 atom stereocenters. The van der Waals surface area contributed by atoms with Gasteiger partial charge in [0.1, 0.15) is 0 Å². The number of nitrogens with zero attached hydrogens (tertiary/aromatic N) is 3. The Labute approximate surface area is 66.2 Å². The standard InChI is InChI=1S/C7H13N3O/c1-7(2)11-6-5-10-4-3-8-9-10/h3-4,7H,5-6H2,1-2H3. The molecular formula is C7H13N3O. The summed E-state index contributed by atoms with van der Waals surface area (Å²) < 4.78 is 7.08. The molecule has 0 spiro atoms. The van der Waals surface area contributed by atoms with Crippen LogP contribution < -0.4 is 0 Å². The van der Waals surface area contributed by atoms with Crippen LogP contribution in [0, 0.1) is 0 Å². The average molecular weight is 155 g/mol. The summed E-state index contributed by atoms with van der Waals surface area (Å²) in [5, 5.41) is 7.48. The molecule has 11 heavy (non-hydrogen) atoms. The van der Waals surface area contributed by atoms with Crippen LogP contribution in [0.5, 0.6) is 0 Å². The number of hydrogen-bond acceptors (Lipinski definition) is 3. The van der Waals surface area contributed by atoms with Gasteiger partial charge in [0.25, 0.3) is 0 Å². The van der Waals surface area contributed by atoms with Crippen LogP contribution in [-0.4, -0.2) is 27.7 Å². The first-order valence-electron chi connectivity index (χ1n) is 3.75. The summed E-state index contributed by atoms with van der Waals surface area (Å²) in [5.74, 6) is 0. The Morgan fingerprint density at radius 1 is 1.55 bits per heavy atom. The third-order valence-electron chi connectivity index (χ3n) is 1.24. The number of rotatable bonds is 4. The van der Waals surface area contributed by atoms with E-state index in [1.807, 2.05) is 20.0 Å². The van der Waals surface area contributed by atoms with Crippen molar-refractivity contribution >= 4 is 0 Å². The zero-order valence-electron chi connectivity index (χ0n) is 6.90. The van der Waals surface area contributed by atoms with Crippen molar-refractivity contribution in [1.82, 2.24) is 15.0 Å². The molecular weight excluding hydrogens is 142 g/mol. The molecule has 62 valence electrons. The number of hydrogen-bond donors (Lipinski definition) is 0. The maximum absolute atomic E-state index is 5.33. The van der Waals surface area contributed by atoms with E-state index in [1.165, 1.54) is 0 Å². The summed E-state index contributed by atoms with van der Waals surface area (Å²) in [6.07, 6.45) is 3.78. The fraction of sp³-hybridized carbons (Fsp3) is 0.714. The molecule has 1 heterocycles. The maximum atomic E-state index is 5.33. The second kappa shape index (κ2) is 4.08. The first-order valence-corrected chi connectivity index (χ1v) is 3.75. The normalized spacial score (nSPS) is 10.8. The van der Waals surface area contributed by atoms with Gasteiger partial charge in [0.05, 0.1) is 25.5 Å². The van der Waals surface area contributed by atoms with E-state index in [1.54, 1.807) is 10.9 Å². The highest BCUT2D eigenvalue weighted by Crippen LogP contribution is 1.88. The quantitative estimate of drug-likeness (QED) is 0.642. The van der Waals surface area contributed by atoms with Crippen molar-refractivity contribution in [3.05, 3.63) is 12.4 Å². The molecule has 1 rings (SSSR count). The number of ether oxygens (including phenoxy) is 1. The second-order valence-corrected chi connectivity index (χ2v) is 2.59. The van der Waals surface area contributed by atoms with Crippen LogP contribution in [0.4, 0.5) is 0 Å². The van der Waals surface area contributed by atoms with E-state index >= 15 is 0 Å². The smallest absolute Gasteiger partial charge is 0.0692 e. The Balaban J connectivity index is 2.14. The molecule has 0 radical (unpaired) electrons. The van der Waals surface area contributed by atoms with Gasteiger partial charge in [-0.05, 0) is 13.8 Å². The minimum absolute atomic E-state index is 0.290.